The van der Waals surface area contributed by atoms with Gasteiger partial charge in [-0.3, -0.25) is 0 Å². The summed E-state index contributed by atoms with van der Waals surface area (Å²) in [4.78, 5) is 4.76. The minimum atomic E-state index is -2.60. The van der Waals surface area contributed by atoms with Crippen LogP contribution in [0.5, 0.6) is 11.5 Å². The topological polar surface area (TPSA) is 107 Å². The second-order valence-electron chi connectivity index (χ2n) is 7.81. The Labute approximate surface area is 199 Å². The largest absolute Gasteiger partial charge is 0.493 e. The van der Waals surface area contributed by atoms with Crippen molar-refractivity contribution in [3.8, 4) is 22.6 Å². The molecular weight excluding hydrogens is 454 g/mol. The molecule has 0 atom stereocenters. The summed E-state index contributed by atoms with van der Waals surface area (Å²) >= 11 is 0. The molecule has 2 aromatic carbocycles. The molecule has 4 aromatic rings. The number of aromatic nitrogens is 3. The molecular formula is C24H27N5O4S. The van der Waals surface area contributed by atoms with Gasteiger partial charge >= 0.3 is 0 Å². The second-order valence-corrected chi connectivity index (χ2v) is 8.64. The van der Waals surface area contributed by atoms with Crippen molar-refractivity contribution >= 4 is 22.4 Å². The van der Waals surface area contributed by atoms with Crippen molar-refractivity contribution in [3.05, 3.63) is 71.0 Å². The van der Waals surface area contributed by atoms with Crippen LogP contribution in [0.15, 0.2) is 48.5 Å². The van der Waals surface area contributed by atoms with Crippen LogP contribution in [0.4, 0.5) is 5.82 Å². The molecule has 10 heteroatoms. The van der Waals surface area contributed by atoms with Crippen LogP contribution in [0, 0.1) is 13.8 Å². The number of ether oxygens (including phenoxy) is 2. The van der Waals surface area contributed by atoms with Gasteiger partial charge in [0.2, 0.25) is 10.9 Å². The maximum Gasteiger partial charge on any atom is 0.201 e. The molecule has 0 saturated heterocycles. The summed E-state index contributed by atoms with van der Waals surface area (Å²) in [5.41, 5.74) is 6.29. The van der Waals surface area contributed by atoms with Crippen LogP contribution in [0.25, 0.3) is 16.8 Å². The Bertz CT molecular complexity index is 1390. The summed E-state index contributed by atoms with van der Waals surface area (Å²) in [6.07, 6.45) is 0. The number of benzene rings is 2. The summed E-state index contributed by atoms with van der Waals surface area (Å²) in [6, 6.07) is 15.5. The van der Waals surface area contributed by atoms with E-state index in [0.717, 1.165) is 45.1 Å². The van der Waals surface area contributed by atoms with Crippen molar-refractivity contribution in [2.45, 2.75) is 26.9 Å². The molecule has 34 heavy (non-hydrogen) atoms. The highest BCUT2D eigenvalue weighted by molar-refractivity contribution is 7.70. The van der Waals surface area contributed by atoms with Gasteiger partial charge in [0.25, 0.3) is 0 Å². The second kappa shape index (κ2) is 10.1. The maximum absolute atomic E-state index is 10.7. The molecule has 0 aliphatic carbocycles. The van der Waals surface area contributed by atoms with E-state index < -0.39 is 10.9 Å². The molecule has 0 bridgehead atoms. The van der Waals surface area contributed by atoms with Gasteiger partial charge in [-0.2, -0.15) is 9.61 Å². The van der Waals surface area contributed by atoms with Crippen molar-refractivity contribution < 1.29 is 17.9 Å². The summed E-state index contributed by atoms with van der Waals surface area (Å²) in [5.74, 6) is 2.13. The molecule has 178 valence electrons. The third-order valence-corrected chi connectivity index (χ3v) is 5.89. The first kappa shape index (κ1) is 23.5. The Hall–Kier alpha value is -3.63. The van der Waals surface area contributed by atoms with Gasteiger partial charge in [-0.25, -0.2) is 18.1 Å². The highest BCUT2D eigenvalue weighted by Gasteiger charge is 2.18. The maximum atomic E-state index is 10.7. The van der Waals surface area contributed by atoms with Crippen LogP contribution in [-0.2, 0) is 24.0 Å². The van der Waals surface area contributed by atoms with E-state index in [4.69, 9.17) is 19.6 Å². The summed E-state index contributed by atoms with van der Waals surface area (Å²) < 4.78 is 36.5. The number of rotatable bonds is 9. The average Bonchev–Trinajstić information content (AvgIpc) is 3.16. The Balaban J connectivity index is 1.63. The standard InChI is InChI=1S/C24H27N5O4S/c1-15-11-22(25-13-17-5-7-18(8-6-17)14-26-34(30)31)29-24(27-15)23(16(2)28-29)19-9-10-20(32-3)21(12-19)33-4/h5-12,25,34H,13-14H2,1-4H3,(H,26,30,31). The van der Waals surface area contributed by atoms with Gasteiger partial charge in [-0.1, -0.05) is 30.3 Å². The predicted octanol–water partition coefficient (Wildman–Crippen LogP) is 3.26. The fraction of sp³-hybridized carbons (Fsp3) is 0.250. The van der Waals surface area contributed by atoms with Crippen molar-refractivity contribution in [1.29, 1.82) is 0 Å². The van der Waals surface area contributed by atoms with Gasteiger partial charge in [-0.15, -0.1) is 0 Å². The molecule has 0 spiro atoms. The number of nitrogens with one attached hydrogen (secondary N) is 2. The number of nitrogens with zero attached hydrogens (tertiary/aromatic N) is 3. The molecule has 9 nitrogen and oxygen atoms in total. The molecule has 2 heterocycles. The first-order chi connectivity index (χ1) is 16.4. The normalized spacial score (nSPS) is 11.2. The van der Waals surface area contributed by atoms with Gasteiger partial charge in [-0.05, 0) is 42.7 Å². The molecule has 0 radical (unpaired) electrons. The summed E-state index contributed by atoms with van der Waals surface area (Å²) in [7, 11) is 0.622. The third kappa shape index (κ3) is 4.97. The lowest BCUT2D eigenvalue weighted by atomic mass is 10.1. The van der Waals surface area contributed by atoms with Gasteiger partial charge in [0.15, 0.2) is 17.1 Å². The van der Waals surface area contributed by atoms with E-state index in [9.17, 15) is 8.42 Å². The molecule has 4 rings (SSSR count). The number of hydrogen-bond acceptors (Lipinski definition) is 7. The zero-order valence-corrected chi connectivity index (χ0v) is 20.3. The first-order valence-corrected chi connectivity index (χ1v) is 11.9. The Morgan fingerprint density at radius 1 is 0.912 bits per heavy atom. The van der Waals surface area contributed by atoms with Gasteiger partial charge in [0, 0.05) is 30.4 Å². The van der Waals surface area contributed by atoms with Crippen LogP contribution in [0.1, 0.15) is 22.5 Å². The van der Waals surface area contributed by atoms with Crippen LogP contribution < -0.4 is 19.5 Å². The predicted molar refractivity (Wildman–Crippen MR) is 132 cm³/mol. The van der Waals surface area contributed by atoms with Gasteiger partial charge in [0.05, 0.1) is 19.9 Å². The first-order valence-electron chi connectivity index (χ1n) is 10.7. The highest BCUT2D eigenvalue weighted by Crippen LogP contribution is 2.35. The van der Waals surface area contributed by atoms with E-state index in [1.807, 2.05) is 66.9 Å². The number of aryl methyl sites for hydroxylation is 2. The molecule has 0 unspecified atom stereocenters. The minimum Gasteiger partial charge on any atom is -0.493 e. The summed E-state index contributed by atoms with van der Waals surface area (Å²) in [5, 5.41) is 8.20. The Morgan fingerprint density at radius 3 is 2.24 bits per heavy atom. The molecule has 2 aromatic heterocycles. The number of hydrogen-bond donors (Lipinski definition) is 3. The van der Waals surface area contributed by atoms with Gasteiger partial charge in [0.1, 0.15) is 5.82 Å². The monoisotopic (exact) mass is 481 g/mol. The van der Waals surface area contributed by atoms with E-state index in [2.05, 4.69) is 10.0 Å². The molecule has 0 aliphatic heterocycles. The number of anilines is 1. The molecule has 0 amide bonds. The smallest absolute Gasteiger partial charge is 0.201 e. The van der Waals surface area contributed by atoms with Crippen molar-refractivity contribution in [2.24, 2.45) is 0 Å². The number of fused-ring (bicyclic) bond motifs is 1. The lowest BCUT2D eigenvalue weighted by molar-refractivity contribution is 0.355. The zero-order chi connectivity index (χ0) is 24.2. The van der Waals surface area contributed by atoms with E-state index in [1.54, 1.807) is 14.2 Å². The van der Waals surface area contributed by atoms with Crippen molar-refractivity contribution in [3.63, 3.8) is 0 Å². The fourth-order valence-corrected chi connectivity index (χ4v) is 4.14. The molecule has 0 saturated carbocycles. The van der Waals surface area contributed by atoms with E-state index >= 15 is 0 Å². The average molecular weight is 482 g/mol. The fourth-order valence-electron chi connectivity index (χ4n) is 3.82. The van der Waals surface area contributed by atoms with Crippen molar-refractivity contribution in [1.82, 2.24) is 19.3 Å². The molecule has 0 fully saturated rings. The van der Waals surface area contributed by atoms with Gasteiger partial charge < -0.3 is 14.8 Å². The van der Waals surface area contributed by atoms with Crippen LogP contribution in [0.3, 0.4) is 0 Å². The number of methoxy groups -OCH3 is 2. The minimum absolute atomic E-state index is 0.280. The van der Waals surface area contributed by atoms with Crippen LogP contribution in [0.2, 0.25) is 0 Å². The lowest BCUT2D eigenvalue weighted by Crippen LogP contribution is -2.10. The van der Waals surface area contributed by atoms with Crippen LogP contribution in [-0.4, -0.2) is 37.2 Å². The summed E-state index contributed by atoms with van der Waals surface area (Å²) in [6.45, 7) is 4.77. The van der Waals surface area contributed by atoms with E-state index in [-0.39, 0.29) is 6.54 Å². The third-order valence-electron chi connectivity index (χ3n) is 5.47. The molecule has 2 N–H and O–H groups in total. The Kier molecular flexibility index (Phi) is 6.99. The van der Waals surface area contributed by atoms with Crippen LogP contribution >= 0.6 is 0 Å². The zero-order valence-electron chi connectivity index (χ0n) is 19.5. The quantitative estimate of drug-likeness (QED) is 0.315. The lowest BCUT2D eigenvalue weighted by Gasteiger charge is -2.11. The van der Waals surface area contributed by atoms with E-state index in [0.29, 0.717) is 18.0 Å². The van der Waals surface area contributed by atoms with Crippen molar-refractivity contribution in [2.75, 3.05) is 19.5 Å². The highest BCUT2D eigenvalue weighted by atomic mass is 32.2. The SMILES string of the molecule is COc1ccc(-c2c(C)nn3c(NCc4ccc(CN[SH](=O)=O)cc4)cc(C)nc23)cc1OC. The number of thiol groups is 1. The Morgan fingerprint density at radius 2 is 1.59 bits per heavy atom. The molecule has 0 aliphatic rings. The van der Waals surface area contributed by atoms with E-state index in [1.165, 1.54) is 0 Å².